The summed E-state index contributed by atoms with van der Waals surface area (Å²) < 4.78 is 11.3. The smallest absolute Gasteiger partial charge is 0.341 e. The zero-order valence-corrected chi connectivity index (χ0v) is 12.9. The minimum absolute atomic E-state index is 0.439. The van der Waals surface area contributed by atoms with Crippen molar-refractivity contribution in [3.63, 3.8) is 0 Å². The average Bonchev–Trinajstić information content (AvgIpc) is 2.52. The molecule has 0 radical (unpaired) electrons. The highest BCUT2D eigenvalue weighted by molar-refractivity contribution is 9.11. The van der Waals surface area contributed by atoms with Gasteiger partial charge in [0.2, 0.25) is 0 Å². The first-order chi connectivity index (χ1) is 7.74. The molecule has 0 aliphatic carbocycles. The van der Waals surface area contributed by atoms with Gasteiger partial charge in [0.1, 0.15) is 5.69 Å². The van der Waals surface area contributed by atoms with Gasteiger partial charge >= 0.3 is 5.97 Å². The molecule has 0 fully saturated rings. The van der Waals surface area contributed by atoms with Gasteiger partial charge in [0.05, 0.1) is 21.5 Å². The number of aryl methyl sites for hydroxylation is 1. The van der Waals surface area contributed by atoms with E-state index in [0.29, 0.717) is 5.69 Å². The van der Waals surface area contributed by atoms with Crippen LogP contribution in [0.4, 0.5) is 0 Å². The van der Waals surface area contributed by atoms with Crippen molar-refractivity contribution in [3.05, 3.63) is 14.5 Å². The maximum atomic E-state index is 11.7. The summed E-state index contributed by atoms with van der Waals surface area (Å²) in [6.45, 7) is 7.53. The van der Waals surface area contributed by atoms with Crippen molar-refractivity contribution in [2.24, 2.45) is 0 Å². The fourth-order valence-corrected chi connectivity index (χ4v) is 2.92. The van der Waals surface area contributed by atoms with Crippen LogP contribution >= 0.6 is 27.3 Å². The minimum atomic E-state index is -0.792. The standard InChI is InChI=1S/C11H16BrNO3S/c1-6-13-7(9(12)17-6)8(10(14)15-5)16-11(2,3)4/h8H,1-5H3. The Morgan fingerprint density at radius 1 is 1.47 bits per heavy atom. The Hall–Kier alpha value is -0.460. The Morgan fingerprint density at radius 3 is 2.41 bits per heavy atom. The van der Waals surface area contributed by atoms with Crippen molar-refractivity contribution in [3.8, 4) is 0 Å². The van der Waals surface area contributed by atoms with Crippen LogP contribution < -0.4 is 0 Å². The van der Waals surface area contributed by atoms with Crippen LogP contribution in [0.15, 0.2) is 3.79 Å². The molecule has 1 heterocycles. The van der Waals surface area contributed by atoms with Crippen LogP contribution in [0.25, 0.3) is 0 Å². The van der Waals surface area contributed by atoms with Gasteiger partial charge in [0.15, 0.2) is 6.10 Å². The lowest BCUT2D eigenvalue weighted by Gasteiger charge is -2.25. The average molecular weight is 322 g/mol. The third-order valence-electron chi connectivity index (χ3n) is 1.85. The Balaban J connectivity index is 3.06. The molecule has 0 bridgehead atoms. The van der Waals surface area contributed by atoms with Crippen molar-refractivity contribution < 1.29 is 14.3 Å². The Morgan fingerprint density at radius 2 is 2.06 bits per heavy atom. The molecule has 1 atom stereocenters. The quantitative estimate of drug-likeness (QED) is 0.802. The molecule has 0 N–H and O–H groups in total. The van der Waals surface area contributed by atoms with Crippen LogP contribution in [0.1, 0.15) is 37.6 Å². The second-order valence-corrected chi connectivity index (χ2v) is 7.05. The van der Waals surface area contributed by atoms with Gasteiger partial charge in [-0.1, -0.05) is 0 Å². The predicted octanol–water partition coefficient (Wildman–Crippen LogP) is 3.24. The van der Waals surface area contributed by atoms with E-state index in [1.165, 1.54) is 18.4 Å². The van der Waals surface area contributed by atoms with E-state index in [4.69, 9.17) is 9.47 Å². The molecule has 0 saturated heterocycles. The molecule has 17 heavy (non-hydrogen) atoms. The van der Waals surface area contributed by atoms with Gasteiger partial charge in [-0.2, -0.15) is 0 Å². The largest absolute Gasteiger partial charge is 0.467 e. The summed E-state index contributed by atoms with van der Waals surface area (Å²) in [6.07, 6.45) is -0.792. The van der Waals surface area contributed by atoms with Crippen molar-refractivity contribution in [1.82, 2.24) is 4.98 Å². The fourth-order valence-electron chi connectivity index (χ4n) is 1.26. The first kappa shape index (κ1) is 14.6. The van der Waals surface area contributed by atoms with Crippen LogP contribution in [-0.4, -0.2) is 23.7 Å². The Kier molecular flexibility index (Phi) is 4.69. The summed E-state index contributed by atoms with van der Waals surface area (Å²) in [5.74, 6) is -0.439. The minimum Gasteiger partial charge on any atom is -0.467 e. The highest BCUT2D eigenvalue weighted by Crippen LogP contribution is 2.33. The summed E-state index contributed by atoms with van der Waals surface area (Å²) in [6, 6.07) is 0. The lowest BCUT2D eigenvalue weighted by molar-refractivity contribution is -0.164. The monoisotopic (exact) mass is 321 g/mol. The van der Waals surface area contributed by atoms with E-state index in [2.05, 4.69) is 20.9 Å². The number of halogens is 1. The summed E-state index contributed by atoms with van der Waals surface area (Å²) >= 11 is 4.86. The van der Waals surface area contributed by atoms with E-state index < -0.39 is 17.7 Å². The number of methoxy groups -OCH3 is 1. The zero-order chi connectivity index (χ0) is 13.2. The molecule has 0 saturated carbocycles. The highest BCUT2D eigenvalue weighted by atomic mass is 79.9. The summed E-state index contributed by atoms with van der Waals surface area (Å²) in [5.41, 5.74) is 0.129. The molecular weight excluding hydrogens is 306 g/mol. The Bertz CT molecular complexity index is 411. The van der Waals surface area contributed by atoms with Crippen molar-refractivity contribution in [2.75, 3.05) is 7.11 Å². The number of hydrogen-bond donors (Lipinski definition) is 0. The van der Waals surface area contributed by atoms with Gasteiger partial charge in [-0.25, -0.2) is 9.78 Å². The van der Waals surface area contributed by atoms with Gasteiger partial charge in [-0.05, 0) is 43.6 Å². The summed E-state index contributed by atoms with van der Waals surface area (Å²) in [5, 5.41) is 0.873. The van der Waals surface area contributed by atoms with E-state index in [1.807, 2.05) is 27.7 Å². The molecule has 96 valence electrons. The second kappa shape index (κ2) is 5.46. The molecule has 0 aromatic carbocycles. The molecule has 1 rings (SSSR count). The molecule has 1 aromatic heterocycles. The lowest BCUT2D eigenvalue weighted by atomic mass is 10.1. The molecule has 1 unspecified atom stereocenters. The van der Waals surface area contributed by atoms with Gasteiger partial charge < -0.3 is 9.47 Å². The van der Waals surface area contributed by atoms with E-state index in [0.717, 1.165) is 8.79 Å². The third kappa shape index (κ3) is 4.04. The van der Waals surface area contributed by atoms with E-state index in [9.17, 15) is 4.79 Å². The first-order valence-corrected chi connectivity index (χ1v) is 6.74. The number of esters is 1. The molecule has 6 heteroatoms. The van der Waals surface area contributed by atoms with E-state index >= 15 is 0 Å². The third-order valence-corrected chi connectivity index (χ3v) is 3.52. The molecular formula is C11H16BrNO3S. The van der Waals surface area contributed by atoms with Crippen molar-refractivity contribution in [2.45, 2.75) is 39.4 Å². The Labute approximate surface area is 113 Å². The van der Waals surface area contributed by atoms with Crippen LogP contribution in [0, 0.1) is 6.92 Å². The molecule has 4 nitrogen and oxygen atoms in total. The van der Waals surface area contributed by atoms with Crippen LogP contribution in [0.5, 0.6) is 0 Å². The number of rotatable bonds is 3. The molecule has 1 aromatic rings. The normalized spacial score (nSPS) is 13.5. The molecule has 0 aliphatic rings. The summed E-state index contributed by atoms with van der Waals surface area (Å²) in [7, 11) is 1.34. The van der Waals surface area contributed by atoms with Crippen molar-refractivity contribution in [1.29, 1.82) is 0 Å². The lowest BCUT2D eigenvalue weighted by Crippen LogP contribution is -2.28. The van der Waals surface area contributed by atoms with Crippen molar-refractivity contribution >= 4 is 33.2 Å². The van der Waals surface area contributed by atoms with Crippen LogP contribution in [0.2, 0.25) is 0 Å². The number of carbonyl (C=O) groups is 1. The second-order valence-electron chi connectivity index (χ2n) is 4.53. The van der Waals surface area contributed by atoms with Crippen LogP contribution in [-0.2, 0) is 14.3 Å². The fraction of sp³-hybridized carbons (Fsp3) is 0.636. The SMILES string of the molecule is COC(=O)C(OC(C)(C)C)c1nc(C)sc1Br. The number of ether oxygens (including phenoxy) is 2. The number of hydrogen-bond acceptors (Lipinski definition) is 5. The predicted molar refractivity (Wildman–Crippen MR) is 70.1 cm³/mol. The first-order valence-electron chi connectivity index (χ1n) is 5.13. The van der Waals surface area contributed by atoms with Crippen LogP contribution in [0.3, 0.4) is 0 Å². The summed E-state index contributed by atoms with van der Waals surface area (Å²) in [4.78, 5) is 16.1. The van der Waals surface area contributed by atoms with Gasteiger partial charge in [-0.3, -0.25) is 0 Å². The van der Waals surface area contributed by atoms with E-state index in [-0.39, 0.29) is 0 Å². The number of carbonyl (C=O) groups excluding carboxylic acids is 1. The highest BCUT2D eigenvalue weighted by Gasteiger charge is 2.31. The zero-order valence-electron chi connectivity index (χ0n) is 10.5. The number of thiazole rings is 1. The molecule has 0 aliphatic heterocycles. The number of nitrogens with zero attached hydrogens (tertiary/aromatic N) is 1. The topological polar surface area (TPSA) is 48.4 Å². The van der Waals surface area contributed by atoms with Gasteiger partial charge in [0, 0.05) is 0 Å². The maximum absolute atomic E-state index is 11.7. The maximum Gasteiger partial charge on any atom is 0.341 e. The van der Waals surface area contributed by atoms with Gasteiger partial charge in [-0.15, -0.1) is 11.3 Å². The van der Waals surface area contributed by atoms with Gasteiger partial charge in [0.25, 0.3) is 0 Å². The molecule has 0 spiro atoms. The van der Waals surface area contributed by atoms with E-state index in [1.54, 1.807) is 0 Å². The number of aromatic nitrogens is 1. The molecule has 0 amide bonds.